The van der Waals surface area contributed by atoms with Gasteiger partial charge in [0.15, 0.2) is 0 Å². The van der Waals surface area contributed by atoms with E-state index in [-0.39, 0.29) is 11.9 Å². The molecule has 4 heteroatoms. The number of halogens is 1. The molecule has 1 aromatic rings. The molecular formula is C13H19BrN2O. The molecule has 1 amide bonds. The zero-order chi connectivity index (χ0) is 12.8. The molecule has 0 bridgehead atoms. The molecule has 0 aromatic heterocycles. The molecular weight excluding hydrogens is 280 g/mol. The molecule has 1 rings (SSSR count). The minimum atomic E-state index is -0.0427. The lowest BCUT2D eigenvalue weighted by Gasteiger charge is -2.16. The number of benzene rings is 1. The van der Waals surface area contributed by atoms with E-state index in [4.69, 9.17) is 5.73 Å². The molecule has 94 valence electrons. The topological polar surface area (TPSA) is 55.1 Å². The Morgan fingerprint density at radius 3 is 2.76 bits per heavy atom. The Morgan fingerprint density at radius 1 is 1.53 bits per heavy atom. The number of hydrogen-bond acceptors (Lipinski definition) is 2. The summed E-state index contributed by atoms with van der Waals surface area (Å²) in [5.41, 5.74) is 7.30. The molecule has 0 heterocycles. The number of nitrogens with two attached hydrogens (primary N) is 1. The molecule has 3 nitrogen and oxygen atoms in total. The molecule has 1 atom stereocenters. The maximum atomic E-state index is 12.0. The minimum Gasteiger partial charge on any atom is -0.348 e. The molecule has 0 saturated heterocycles. The van der Waals surface area contributed by atoms with E-state index in [0.29, 0.717) is 12.1 Å². The largest absolute Gasteiger partial charge is 0.348 e. The van der Waals surface area contributed by atoms with Gasteiger partial charge in [-0.1, -0.05) is 29.3 Å². The summed E-state index contributed by atoms with van der Waals surface area (Å²) < 4.78 is 0.982. The zero-order valence-corrected chi connectivity index (χ0v) is 11.9. The first-order valence-electron chi connectivity index (χ1n) is 5.85. The Labute approximate surface area is 111 Å². The van der Waals surface area contributed by atoms with Crippen LogP contribution in [0.5, 0.6) is 0 Å². The van der Waals surface area contributed by atoms with Gasteiger partial charge in [-0.15, -0.1) is 0 Å². The van der Waals surface area contributed by atoms with Gasteiger partial charge in [-0.05, 0) is 37.1 Å². The highest BCUT2D eigenvalue weighted by Gasteiger charge is 2.13. The van der Waals surface area contributed by atoms with Crippen LogP contribution in [-0.2, 0) is 0 Å². The number of amides is 1. The lowest BCUT2D eigenvalue weighted by atomic mass is 10.1. The standard InChI is InChI=1S/C13H19BrN2O/c1-3-4-11(8-15)16-13(17)12-6-5-10(14)7-9(12)2/h5-7,11H,3-4,8,15H2,1-2H3,(H,16,17). The van der Waals surface area contributed by atoms with Crippen molar-refractivity contribution in [2.45, 2.75) is 32.7 Å². The van der Waals surface area contributed by atoms with Gasteiger partial charge < -0.3 is 11.1 Å². The first kappa shape index (κ1) is 14.2. The monoisotopic (exact) mass is 298 g/mol. The maximum Gasteiger partial charge on any atom is 0.251 e. The van der Waals surface area contributed by atoms with Crippen molar-refractivity contribution in [1.29, 1.82) is 0 Å². The Balaban J connectivity index is 2.75. The van der Waals surface area contributed by atoms with Gasteiger partial charge in [0.1, 0.15) is 0 Å². The fourth-order valence-electron chi connectivity index (χ4n) is 1.74. The number of aryl methyl sites for hydroxylation is 1. The first-order chi connectivity index (χ1) is 8.08. The SMILES string of the molecule is CCCC(CN)NC(=O)c1ccc(Br)cc1C. The Kier molecular flexibility index (Phi) is 5.65. The van der Waals surface area contributed by atoms with Crippen molar-refractivity contribution in [3.63, 3.8) is 0 Å². The van der Waals surface area contributed by atoms with Gasteiger partial charge in [0.05, 0.1) is 0 Å². The molecule has 3 N–H and O–H groups in total. The van der Waals surface area contributed by atoms with Crippen LogP contribution in [0.15, 0.2) is 22.7 Å². The van der Waals surface area contributed by atoms with Crippen molar-refractivity contribution in [3.05, 3.63) is 33.8 Å². The normalized spacial score (nSPS) is 12.2. The molecule has 0 fully saturated rings. The van der Waals surface area contributed by atoms with Crippen molar-refractivity contribution in [2.75, 3.05) is 6.54 Å². The molecule has 0 aliphatic rings. The van der Waals surface area contributed by atoms with Crippen LogP contribution < -0.4 is 11.1 Å². The molecule has 0 aliphatic carbocycles. The third-order valence-electron chi connectivity index (χ3n) is 2.69. The van der Waals surface area contributed by atoms with E-state index in [0.717, 1.165) is 22.9 Å². The fraction of sp³-hybridized carbons (Fsp3) is 0.462. The number of carbonyl (C=O) groups excluding carboxylic acids is 1. The average Bonchev–Trinajstić information content (AvgIpc) is 2.28. The maximum absolute atomic E-state index is 12.0. The number of carbonyl (C=O) groups is 1. The number of hydrogen-bond donors (Lipinski definition) is 2. The van der Waals surface area contributed by atoms with Gasteiger partial charge in [0.25, 0.3) is 5.91 Å². The van der Waals surface area contributed by atoms with Crippen LogP contribution >= 0.6 is 15.9 Å². The third-order valence-corrected chi connectivity index (χ3v) is 3.18. The van der Waals surface area contributed by atoms with Gasteiger partial charge >= 0.3 is 0 Å². The summed E-state index contributed by atoms with van der Waals surface area (Å²) in [6.45, 7) is 4.49. The van der Waals surface area contributed by atoms with Gasteiger partial charge in [0, 0.05) is 22.6 Å². The van der Waals surface area contributed by atoms with Crippen molar-refractivity contribution in [1.82, 2.24) is 5.32 Å². The second kappa shape index (κ2) is 6.77. The molecule has 0 spiro atoms. The van der Waals surface area contributed by atoms with Gasteiger partial charge in [-0.2, -0.15) is 0 Å². The smallest absolute Gasteiger partial charge is 0.251 e. The van der Waals surface area contributed by atoms with Crippen LogP contribution in [0.1, 0.15) is 35.7 Å². The minimum absolute atomic E-state index is 0.0427. The second-order valence-corrected chi connectivity index (χ2v) is 5.07. The Morgan fingerprint density at radius 2 is 2.24 bits per heavy atom. The molecule has 1 aromatic carbocycles. The predicted octanol–water partition coefficient (Wildman–Crippen LogP) is 2.61. The highest BCUT2D eigenvalue weighted by Crippen LogP contribution is 2.16. The number of nitrogens with one attached hydrogen (secondary N) is 1. The molecule has 17 heavy (non-hydrogen) atoms. The third kappa shape index (κ3) is 4.13. The first-order valence-corrected chi connectivity index (χ1v) is 6.64. The van der Waals surface area contributed by atoms with Crippen molar-refractivity contribution in [3.8, 4) is 0 Å². The molecule has 0 aliphatic heterocycles. The number of rotatable bonds is 5. The summed E-state index contributed by atoms with van der Waals surface area (Å²) in [5.74, 6) is -0.0427. The van der Waals surface area contributed by atoms with Gasteiger partial charge in [0.2, 0.25) is 0 Å². The van der Waals surface area contributed by atoms with Crippen LogP contribution in [0, 0.1) is 6.92 Å². The van der Waals surface area contributed by atoms with Crippen LogP contribution in [0.25, 0.3) is 0 Å². The van der Waals surface area contributed by atoms with E-state index in [2.05, 4.69) is 28.2 Å². The summed E-state index contributed by atoms with van der Waals surface area (Å²) in [4.78, 5) is 12.0. The van der Waals surface area contributed by atoms with Gasteiger partial charge in [-0.3, -0.25) is 4.79 Å². The average molecular weight is 299 g/mol. The molecule has 0 radical (unpaired) electrons. The highest BCUT2D eigenvalue weighted by molar-refractivity contribution is 9.10. The van der Waals surface area contributed by atoms with Crippen molar-refractivity contribution in [2.24, 2.45) is 5.73 Å². The summed E-state index contributed by atoms with van der Waals surface area (Å²) >= 11 is 3.38. The van der Waals surface area contributed by atoms with E-state index < -0.39 is 0 Å². The fourth-order valence-corrected chi connectivity index (χ4v) is 2.22. The summed E-state index contributed by atoms with van der Waals surface area (Å²) in [7, 11) is 0. The van der Waals surface area contributed by atoms with Crippen LogP contribution in [0.3, 0.4) is 0 Å². The highest BCUT2D eigenvalue weighted by atomic mass is 79.9. The summed E-state index contributed by atoms with van der Waals surface area (Å²) in [6.07, 6.45) is 1.93. The van der Waals surface area contributed by atoms with Crippen molar-refractivity contribution < 1.29 is 4.79 Å². The van der Waals surface area contributed by atoms with Crippen LogP contribution in [0.4, 0.5) is 0 Å². The van der Waals surface area contributed by atoms with Crippen LogP contribution in [0.2, 0.25) is 0 Å². The van der Waals surface area contributed by atoms with E-state index in [1.807, 2.05) is 25.1 Å². The van der Waals surface area contributed by atoms with E-state index in [1.54, 1.807) is 0 Å². The van der Waals surface area contributed by atoms with E-state index >= 15 is 0 Å². The van der Waals surface area contributed by atoms with Crippen LogP contribution in [-0.4, -0.2) is 18.5 Å². The quantitative estimate of drug-likeness (QED) is 0.878. The van der Waals surface area contributed by atoms with E-state index in [1.165, 1.54) is 0 Å². The van der Waals surface area contributed by atoms with E-state index in [9.17, 15) is 4.79 Å². The molecule has 0 saturated carbocycles. The van der Waals surface area contributed by atoms with Crippen molar-refractivity contribution >= 4 is 21.8 Å². The summed E-state index contributed by atoms with van der Waals surface area (Å²) in [5, 5.41) is 2.96. The lowest BCUT2D eigenvalue weighted by molar-refractivity contribution is 0.0935. The zero-order valence-electron chi connectivity index (χ0n) is 10.3. The van der Waals surface area contributed by atoms with Gasteiger partial charge in [-0.25, -0.2) is 0 Å². The summed E-state index contributed by atoms with van der Waals surface area (Å²) in [6, 6.07) is 5.70. The predicted molar refractivity (Wildman–Crippen MR) is 74.1 cm³/mol. The Hall–Kier alpha value is -0.870. The second-order valence-electron chi connectivity index (χ2n) is 4.15. The molecule has 1 unspecified atom stereocenters. The lowest BCUT2D eigenvalue weighted by Crippen LogP contribution is -2.40. The Bertz CT molecular complexity index is 393.